The van der Waals surface area contributed by atoms with E-state index < -0.39 is 13.1 Å². The van der Waals surface area contributed by atoms with Crippen molar-refractivity contribution in [3.05, 3.63) is 27.9 Å². The number of halogens is 2. The molecule has 0 saturated carbocycles. The van der Waals surface area contributed by atoms with Crippen LogP contribution in [0.5, 0.6) is 0 Å². The maximum absolute atomic E-state index is 11.8. The molecule has 110 valence electrons. The summed E-state index contributed by atoms with van der Waals surface area (Å²) in [6.07, 6.45) is 0. The van der Waals surface area contributed by atoms with Gasteiger partial charge in [-0.2, -0.15) is 10.3 Å². The van der Waals surface area contributed by atoms with Gasteiger partial charge >= 0.3 is 13.1 Å². The van der Waals surface area contributed by atoms with Crippen LogP contribution in [0, 0.1) is 0 Å². The van der Waals surface area contributed by atoms with Crippen molar-refractivity contribution in [1.82, 2.24) is 15.4 Å². The Labute approximate surface area is 130 Å². The Hall–Kier alpha value is -1.61. The highest BCUT2D eigenvalue weighted by Gasteiger charge is 2.26. The highest BCUT2D eigenvalue weighted by Crippen LogP contribution is 2.29. The number of benzene rings is 1. The summed E-state index contributed by atoms with van der Waals surface area (Å²) in [7, 11) is -1.86. The monoisotopic (exact) mass is 329 g/mol. The lowest BCUT2D eigenvalue weighted by atomic mass is 9.79. The quantitative estimate of drug-likeness (QED) is 0.561. The van der Waals surface area contributed by atoms with E-state index in [4.69, 9.17) is 27.9 Å². The summed E-state index contributed by atoms with van der Waals surface area (Å²) < 4.78 is 4.86. The summed E-state index contributed by atoms with van der Waals surface area (Å²) in [5.41, 5.74) is 0.283. The number of aromatic nitrogens is 3. The van der Waals surface area contributed by atoms with Gasteiger partial charge in [0.05, 0.1) is 11.6 Å². The highest BCUT2D eigenvalue weighted by molar-refractivity contribution is 6.67. The molecule has 0 amide bonds. The van der Waals surface area contributed by atoms with Crippen LogP contribution in [0.15, 0.2) is 12.1 Å². The van der Waals surface area contributed by atoms with Gasteiger partial charge in [0.25, 0.3) is 0 Å². The molecule has 10 heteroatoms. The van der Waals surface area contributed by atoms with Crippen molar-refractivity contribution in [3.8, 4) is 11.3 Å². The smallest absolute Gasteiger partial charge is 0.461 e. The molecule has 1 aromatic heterocycles. The summed E-state index contributed by atoms with van der Waals surface area (Å²) in [4.78, 5) is 11.8. The standard InChI is InChI=1S/C11H10BCl2N3O4/c1-2-21-11(18)10-9(15-17-16-10)5-3-4-6(13)7(8(5)14)12(19)20/h3-4,19-20H,2H2,1H3,(H,15,16,17). The third-order valence-electron chi connectivity index (χ3n) is 2.66. The SMILES string of the molecule is CCOC(=O)c1n[nH]nc1-c1ccc(Cl)c(B(O)O)c1Cl. The Morgan fingerprint density at radius 1 is 1.38 bits per heavy atom. The Balaban J connectivity index is 2.56. The molecule has 2 rings (SSSR count). The number of hydrogen-bond acceptors (Lipinski definition) is 6. The largest absolute Gasteiger partial charge is 0.491 e. The van der Waals surface area contributed by atoms with Crippen LogP contribution in [0.25, 0.3) is 11.3 Å². The fourth-order valence-electron chi connectivity index (χ4n) is 1.75. The molecular formula is C11H10BCl2N3O4. The first kappa shape index (κ1) is 15.8. The minimum Gasteiger partial charge on any atom is -0.461 e. The number of rotatable bonds is 4. The zero-order chi connectivity index (χ0) is 15.6. The van der Waals surface area contributed by atoms with Gasteiger partial charge in [-0.05, 0) is 19.1 Å². The molecule has 0 radical (unpaired) electrons. The molecule has 0 spiro atoms. The van der Waals surface area contributed by atoms with E-state index in [1.54, 1.807) is 6.92 Å². The molecule has 1 aromatic carbocycles. The van der Waals surface area contributed by atoms with Crippen molar-refractivity contribution in [2.24, 2.45) is 0 Å². The van der Waals surface area contributed by atoms with E-state index >= 15 is 0 Å². The zero-order valence-electron chi connectivity index (χ0n) is 10.8. The molecule has 0 aliphatic heterocycles. The summed E-state index contributed by atoms with van der Waals surface area (Å²) in [5, 5.41) is 28.6. The van der Waals surface area contributed by atoms with Crippen molar-refractivity contribution in [2.45, 2.75) is 6.92 Å². The lowest BCUT2D eigenvalue weighted by Crippen LogP contribution is -2.32. The first-order valence-electron chi connectivity index (χ1n) is 5.89. The number of nitrogens with one attached hydrogen (secondary N) is 1. The van der Waals surface area contributed by atoms with Crippen LogP contribution >= 0.6 is 23.2 Å². The molecule has 2 aromatic rings. The summed E-state index contributed by atoms with van der Waals surface area (Å²) in [5.74, 6) is -0.668. The van der Waals surface area contributed by atoms with Crippen LogP contribution in [-0.4, -0.2) is 45.2 Å². The van der Waals surface area contributed by atoms with E-state index in [0.717, 1.165) is 0 Å². The predicted octanol–water partition coefficient (Wildman–Crippen LogP) is 0.635. The summed E-state index contributed by atoms with van der Waals surface area (Å²) in [6, 6.07) is 2.91. The molecule has 3 N–H and O–H groups in total. The van der Waals surface area contributed by atoms with Gasteiger partial charge in [-0.15, -0.1) is 5.10 Å². The van der Waals surface area contributed by atoms with Crippen molar-refractivity contribution in [1.29, 1.82) is 0 Å². The Bertz CT molecular complexity index is 677. The molecule has 0 atom stereocenters. The molecule has 0 unspecified atom stereocenters. The molecule has 21 heavy (non-hydrogen) atoms. The molecule has 0 aliphatic carbocycles. The van der Waals surface area contributed by atoms with Gasteiger partial charge < -0.3 is 14.8 Å². The van der Waals surface area contributed by atoms with Gasteiger partial charge in [0.2, 0.25) is 0 Å². The van der Waals surface area contributed by atoms with Gasteiger partial charge in [0.15, 0.2) is 5.69 Å². The average Bonchev–Trinajstić information content (AvgIpc) is 2.87. The Morgan fingerprint density at radius 3 is 2.71 bits per heavy atom. The zero-order valence-corrected chi connectivity index (χ0v) is 12.3. The van der Waals surface area contributed by atoms with Crippen LogP contribution in [-0.2, 0) is 4.74 Å². The topological polar surface area (TPSA) is 108 Å². The minimum atomic E-state index is -1.86. The van der Waals surface area contributed by atoms with E-state index in [1.807, 2.05) is 0 Å². The molecule has 0 fully saturated rings. The van der Waals surface area contributed by atoms with Gasteiger partial charge in [0.1, 0.15) is 5.69 Å². The molecule has 0 saturated heterocycles. The second-order valence-corrected chi connectivity index (χ2v) is 4.72. The second kappa shape index (κ2) is 6.44. The number of hydrogen-bond donors (Lipinski definition) is 3. The van der Waals surface area contributed by atoms with Crippen LogP contribution in [0.4, 0.5) is 0 Å². The van der Waals surface area contributed by atoms with E-state index in [0.29, 0.717) is 0 Å². The van der Waals surface area contributed by atoms with E-state index in [2.05, 4.69) is 15.4 Å². The van der Waals surface area contributed by atoms with Gasteiger partial charge in [-0.1, -0.05) is 23.2 Å². The van der Waals surface area contributed by atoms with Crippen molar-refractivity contribution >= 4 is 41.8 Å². The second-order valence-electron chi connectivity index (χ2n) is 3.94. The summed E-state index contributed by atoms with van der Waals surface area (Å²) >= 11 is 12.0. The fourth-order valence-corrected chi connectivity index (χ4v) is 2.40. The lowest BCUT2D eigenvalue weighted by Gasteiger charge is -2.10. The van der Waals surface area contributed by atoms with Gasteiger partial charge in [0, 0.05) is 16.0 Å². The molecule has 0 bridgehead atoms. The van der Waals surface area contributed by atoms with Crippen LogP contribution in [0.3, 0.4) is 0 Å². The molecular weight excluding hydrogens is 320 g/mol. The lowest BCUT2D eigenvalue weighted by molar-refractivity contribution is 0.0520. The Morgan fingerprint density at radius 2 is 2.10 bits per heavy atom. The van der Waals surface area contributed by atoms with Crippen LogP contribution in [0.1, 0.15) is 17.4 Å². The fraction of sp³-hybridized carbons (Fsp3) is 0.182. The van der Waals surface area contributed by atoms with Gasteiger partial charge in [-0.3, -0.25) is 0 Å². The van der Waals surface area contributed by atoms with Crippen molar-refractivity contribution in [2.75, 3.05) is 6.61 Å². The number of nitrogens with zero attached hydrogens (tertiary/aromatic N) is 2. The maximum Gasteiger partial charge on any atom is 0.491 e. The molecule has 0 aliphatic rings. The van der Waals surface area contributed by atoms with Crippen molar-refractivity contribution in [3.63, 3.8) is 0 Å². The molecule has 7 nitrogen and oxygen atoms in total. The number of esters is 1. The number of aromatic amines is 1. The normalized spacial score (nSPS) is 10.5. The first-order valence-corrected chi connectivity index (χ1v) is 6.65. The first-order chi connectivity index (χ1) is 9.97. The van der Waals surface area contributed by atoms with Crippen LogP contribution in [0.2, 0.25) is 10.0 Å². The minimum absolute atomic E-state index is 0.0306. The average molecular weight is 330 g/mol. The number of H-pyrrole nitrogens is 1. The predicted molar refractivity (Wildman–Crippen MR) is 77.6 cm³/mol. The maximum atomic E-state index is 11.8. The number of carbonyl (C=O) groups is 1. The third kappa shape index (κ3) is 3.03. The number of carbonyl (C=O) groups excluding carboxylic acids is 1. The summed E-state index contributed by atoms with van der Waals surface area (Å²) in [6.45, 7) is 1.84. The van der Waals surface area contributed by atoms with E-state index in [9.17, 15) is 14.8 Å². The number of ether oxygens (including phenoxy) is 1. The van der Waals surface area contributed by atoms with Crippen molar-refractivity contribution < 1.29 is 19.6 Å². The van der Waals surface area contributed by atoms with E-state index in [-0.39, 0.29) is 39.1 Å². The van der Waals surface area contributed by atoms with Gasteiger partial charge in [-0.25, -0.2) is 4.79 Å². The van der Waals surface area contributed by atoms with E-state index in [1.165, 1.54) is 12.1 Å². The van der Waals surface area contributed by atoms with Crippen LogP contribution < -0.4 is 5.46 Å². The Kier molecular flexibility index (Phi) is 4.84. The highest BCUT2D eigenvalue weighted by atomic mass is 35.5. The third-order valence-corrected chi connectivity index (χ3v) is 3.39. The molecule has 1 heterocycles.